The van der Waals surface area contributed by atoms with E-state index in [1.165, 1.54) is 0 Å². The Labute approximate surface area is 92.0 Å². The number of halogens is 1. The Morgan fingerprint density at radius 1 is 1.47 bits per heavy atom. The van der Waals surface area contributed by atoms with Crippen molar-refractivity contribution in [1.82, 2.24) is 0 Å². The van der Waals surface area contributed by atoms with Gasteiger partial charge in [-0.15, -0.1) is 0 Å². The number of esters is 1. The standard InChI is InChI=1S/C11H9ClO3/c12-9-3-1-2-7(4-9)11(14)8-5-10(13)15-6-8/h1-4,8H,5-6H2. The Kier molecular flexibility index (Phi) is 2.73. The number of carbonyl (C=O) groups excluding carboxylic acids is 2. The molecule has 0 aromatic heterocycles. The summed E-state index contributed by atoms with van der Waals surface area (Å²) in [6, 6.07) is 6.71. The van der Waals surface area contributed by atoms with Gasteiger partial charge in [0, 0.05) is 10.6 Å². The molecule has 78 valence electrons. The maximum Gasteiger partial charge on any atom is 0.306 e. The minimum atomic E-state index is -0.351. The monoisotopic (exact) mass is 224 g/mol. The van der Waals surface area contributed by atoms with Gasteiger partial charge in [-0.25, -0.2) is 0 Å². The van der Waals surface area contributed by atoms with E-state index >= 15 is 0 Å². The lowest BCUT2D eigenvalue weighted by atomic mass is 9.97. The zero-order chi connectivity index (χ0) is 10.8. The lowest BCUT2D eigenvalue weighted by molar-refractivity contribution is -0.137. The summed E-state index contributed by atoms with van der Waals surface area (Å²) in [5.41, 5.74) is 0.533. The van der Waals surface area contributed by atoms with Gasteiger partial charge in [-0.3, -0.25) is 9.59 Å². The first kappa shape index (κ1) is 10.2. The Balaban J connectivity index is 2.17. The first-order chi connectivity index (χ1) is 7.16. The molecule has 0 aliphatic carbocycles. The van der Waals surface area contributed by atoms with E-state index in [2.05, 4.69) is 0 Å². The molecule has 0 spiro atoms. The highest BCUT2D eigenvalue weighted by molar-refractivity contribution is 6.31. The number of carbonyl (C=O) groups is 2. The van der Waals surface area contributed by atoms with Gasteiger partial charge in [-0.05, 0) is 12.1 Å². The van der Waals surface area contributed by atoms with Gasteiger partial charge in [0.15, 0.2) is 5.78 Å². The van der Waals surface area contributed by atoms with E-state index in [0.717, 1.165) is 0 Å². The van der Waals surface area contributed by atoms with E-state index in [1.807, 2.05) is 0 Å². The molecule has 0 bridgehead atoms. The maximum absolute atomic E-state index is 11.9. The molecule has 4 heteroatoms. The molecule has 1 aromatic carbocycles. The fourth-order valence-electron chi connectivity index (χ4n) is 1.56. The zero-order valence-electron chi connectivity index (χ0n) is 7.90. The molecule has 1 fully saturated rings. The van der Waals surface area contributed by atoms with Crippen molar-refractivity contribution in [3.05, 3.63) is 34.9 Å². The van der Waals surface area contributed by atoms with Crippen LogP contribution in [0.4, 0.5) is 0 Å². The van der Waals surface area contributed by atoms with Gasteiger partial charge in [0.1, 0.15) is 6.61 Å². The van der Waals surface area contributed by atoms with Crippen LogP contribution in [0.1, 0.15) is 16.8 Å². The molecular weight excluding hydrogens is 216 g/mol. The van der Waals surface area contributed by atoms with Crippen molar-refractivity contribution in [2.45, 2.75) is 6.42 Å². The first-order valence-corrected chi connectivity index (χ1v) is 5.00. The van der Waals surface area contributed by atoms with Crippen LogP contribution in [0.15, 0.2) is 24.3 Å². The highest BCUT2D eigenvalue weighted by atomic mass is 35.5. The Morgan fingerprint density at radius 3 is 2.87 bits per heavy atom. The van der Waals surface area contributed by atoms with Crippen molar-refractivity contribution in [3.63, 3.8) is 0 Å². The van der Waals surface area contributed by atoms with Crippen molar-refractivity contribution in [2.24, 2.45) is 5.92 Å². The molecule has 0 amide bonds. The third-order valence-corrected chi connectivity index (χ3v) is 2.57. The van der Waals surface area contributed by atoms with E-state index in [0.29, 0.717) is 10.6 Å². The van der Waals surface area contributed by atoms with Crippen molar-refractivity contribution in [2.75, 3.05) is 6.61 Å². The van der Waals surface area contributed by atoms with Crippen molar-refractivity contribution >= 4 is 23.4 Å². The summed E-state index contributed by atoms with van der Waals surface area (Å²) >= 11 is 5.77. The molecule has 0 saturated carbocycles. The number of hydrogen-bond acceptors (Lipinski definition) is 3. The zero-order valence-corrected chi connectivity index (χ0v) is 8.66. The molecule has 1 atom stereocenters. The number of Topliss-reactive ketones (excluding diaryl/α,β-unsaturated/α-hetero) is 1. The van der Waals surface area contributed by atoms with Gasteiger partial charge in [0.25, 0.3) is 0 Å². The van der Waals surface area contributed by atoms with Gasteiger partial charge in [0.05, 0.1) is 12.3 Å². The van der Waals surface area contributed by atoms with E-state index in [4.69, 9.17) is 16.3 Å². The smallest absolute Gasteiger partial charge is 0.306 e. The molecule has 1 aliphatic heterocycles. The Hall–Kier alpha value is -1.35. The summed E-state index contributed by atoms with van der Waals surface area (Å²) in [7, 11) is 0. The summed E-state index contributed by atoms with van der Waals surface area (Å²) in [6.07, 6.45) is 0.172. The maximum atomic E-state index is 11.9. The van der Waals surface area contributed by atoms with Crippen LogP contribution in [-0.2, 0) is 9.53 Å². The quantitative estimate of drug-likeness (QED) is 0.571. The summed E-state index contributed by atoms with van der Waals surface area (Å²) in [4.78, 5) is 22.7. The minimum Gasteiger partial charge on any atom is -0.465 e. The van der Waals surface area contributed by atoms with Crippen LogP contribution in [0.3, 0.4) is 0 Å². The second kappa shape index (κ2) is 4.03. The van der Waals surface area contributed by atoms with E-state index in [1.54, 1.807) is 24.3 Å². The average Bonchev–Trinajstić information content (AvgIpc) is 2.64. The number of rotatable bonds is 2. The van der Waals surface area contributed by atoms with Crippen molar-refractivity contribution in [3.8, 4) is 0 Å². The van der Waals surface area contributed by atoms with E-state index in [9.17, 15) is 9.59 Å². The molecule has 0 radical (unpaired) electrons. The fourth-order valence-corrected chi connectivity index (χ4v) is 1.75. The largest absolute Gasteiger partial charge is 0.465 e. The van der Waals surface area contributed by atoms with E-state index < -0.39 is 0 Å². The summed E-state index contributed by atoms with van der Waals surface area (Å²) in [5, 5.41) is 0.520. The SMILES string of the molecule is O=C1CC(C(=O)c2cccc(Cl)c2)CO1. The van der Waals surface area contributed by atoms with Gasteiger partial charge < -0.3 is 4.74 Å². The van der Waals surface area contributed by atoms with Crippen molar-refractivity contribution in [1.29, 1.82) is 0 Å². The third kappa shape index (κ3) is 2.18. The molecule has 1 aliphatic rings. The first-order valence-electron chi connectivity index (χ1n) is 4.62. The fraction of sp³-hybridized carbons (Fsp3) is 0.273. The van der Waals surface area contributed by atoms with Crippen LogP contribution in [0.25, 0.3) is 0 Å². The van der Waals surface area contributed by atoms with Crippen LogP contribution in [-0.4, -0.2) is 18.4 Å². The van der Waals surface area contributed by atoms with Crippen LogP contribution < -0.4 is 0 Å². The Morgan fingerprint density at radius 2 is 2.27 bits per heavy atom. The highest BCUT2D eigenvalue weighted by Crippen LogP contribution is 2.21. The highest BCUT2D eigenvalue weighted by Gasteiger charge is 2.30. The van der Waals surface area contributed by atoms with Crippen LogP contribution in [0, 0.1) is 5.92 Å². The van der Waals surface area contributed by atoms with Crippen molar-refractivity contribution < 1.29 is 14.3 Å². The van der Waals surface area contributed by atoms with Crippen LogP contribution in [0.2, 0.25) is 5.02 Å². The molecule has 0 N–H and O–H groups in total. The normalized spacial score (nSPS) is 20.1. The lowest BCUT2D eigenvalue weighted by Gasteiger charge is -2.04. The average molecular weight is 225 g/mol. The predicted octanol–water partition coefficient (Wildman–Crippen LogP) is 2.09. The van der Waals surface area contributed by atoms with Crippen LogP contribution >= 0.6 is 11.6 Å². The van der Waals surface area contributed by atoms with Gasteiger partial charge >= 0.3 is 5.97 Å². The number of cyclic esters (lactones) is 1. The summed E-state index contributed by atoms with van der Waals surface area (Å²) in [6.45, 7) is 0.185. The molecule has 3 nitrogen and oxygen atoms in total. The molecule has 1 unspecified atom stereocenters. The number of ketones is 1. The Bertz CT molecular complexity index is 414. The second-order valence-corrected chi connectivity index (χ2v) is 3.90. The number of benzene rings is 1. The number of hydrogen-bond donors (Lipinski definition) is 0. The lowest BCUT2D eigenvalue weighted by Crippen LogP contribution is -2.14. The predicted molar refractivity (Wildman–Crippen MR) is 54.8 cm³/mol. The minimum absolute atomic E-state index is 0.0802. The molecule has 1 heterocycles. The summed E-state index contributed by atoms with van der Waals surface area (Å²) in [5.74, 6) is -0.741. The molecule has 15 heavy (non-hydrogen) atoms. The van der Waals surface area contributed by atoms with E-state index in [-0.39, 0.29) is 30.7 Å². The van der Waals surface area contributed by atoms with Crippen LogP contribution in [0.5, 0.6) is 0 Å². The number of ether oxygens (including phenoxy) is 1. The van der Waals surface area contributed by atoms with Gasteiger partial charge in [0.2, 0.25) is 0 Å². The van der Waals surface area contributed by atoms with Gasteiger partial charge in [-0.2, -0.15) is 0 Å². The molecular formula is C11H9ClO3. The molecule has 1 saturated heterocycles. The van der Waals surface area contributed by atoms with Gasteiger partial charge in [-0.1, -0.05) is 23.7 Å². The topological polar surface area (TPSA) is 43.4 Å². The third-order valence-electron chi connectivity index (χ3n) is 2.34. The summed E-state index contributed by atoms with van der Waals surface area (Å²) < 4.78 is 4.75. The molecule has 2 rings (SSSR count). The molecule has 1 aromatic rings. The second-order valence-electron chi connectivity index (χ2n) is 3.46.